The van der Waals surface area contributed by atoms with Gasteiger partial charge in [0, 0.05) is 21.6 Å². The Morgan fingerprint density at radius 1 is 1.32 bits per heavy atom. The average Bonchev–Trinajstić information content (AvgIpc) is 2.76. The van der Waals surface area contributed by atoms with Gasteiger partial charge in [0.2, 0.25) is 0 Å². The fourth-order valence-electron chi connectivity index (χ4n) is 4.45. The second kappa shape index (κ2) is 6.87. The first-order valence-electron chi connectivity index (χ1n) is 8.23. The van der Waals surface area contributed by atoms with Crippen molar-refractivity contribution in [1.29, 1.82) is 0 Å². The fourth-order valence-corrected chi connectivity index (χ4v) is 4.81. The maximum Gasteiger partial charge on any atom is 0.106 e. The van der Waals surface area contributed by atoms with Gasteiger partial charge in [-0.1, -0.05) is 24.2 Å². The van der Waals surface area contributed by atoms with Gasteiger partial charge < -0.3 is 4.84 Å². The van der Waals surface area contributed by atoms with Crippen molar-refractivity contribution in [3.8, 4) is 0 Å². The van der Waals surface area contributed by atoms with Crippen LogP contribution in [0.1, 0.15) is 44.1 Å². The number of fused-ring (bicyclic) bond motifs is 2. The minimum Gasteiger partial charge on any atom is -0.399 e. The summed E-state index contributed by atoms with van der Waals surface area (Å²) in [7, 11) is 3.96. The van der Waals surface area contributed by atoms with Crippen molar-refractivity contribution in [2.75, 3.05) is 14.2 Å². The Bertz CT molecular complexity index is 543. The quantitative estimate of drug-likeness (QED) is 0.419. The highest BCUT2D eigenvalue weighted by atomic mass is 127. The van der Waals surface area contributed by atoms with Crippen LogP contribution >= 0.6 is 22.6 Å². The number of benzene rings is 1. The molecule has 2 bridgehead atoms. The monoisotopic (exact) mass is 412 g/mol. The van der Waals surface area contributed by atoms with Crippen LogP contribution in [0, 0.1) is 9.49 Å². The Morgan fingerprint density at radius 2 is 2.05 bits per heavy atom. The fraction of sp³-hybridized carbons (Fsp3) is 0.611. The lowest BCUT2D eigenvalue weighted by Crippen LogP contribution is -2.48. The van der Waals surface area contributed by atoms with Crippen LogP contribution in [0.3, 0.4) is 0 Å². The summed E-state index contributed by atoms with van der Waals surface area (Å²) in [5.74, 6) is 1.05. The summed E-state index contributed by atoms with van der Waals surface area (Å²) in [6.07, 6.45) is 4.81. The Balaban J connectivity index is 1.98. The number of piperidine rings is 1. The summed E-state index contributed by atoms with van der Waals surface area (Å²) in [5.41, 5.74) is 2.69. The van der Waals surface area contributed by atoms with Gasteiger partial charge in [0.1, 0.15) is 7.11 Å². The van der Waals surface area contributed by atoms with Crippen molar-refractivity contribution in [3.63, 3.8) is 0 Å². The minimum absolute atomic E-state index is 0.480. The molecule has 0 radical (unpaired) electrons. The highest BCUT2D eigenvalue weighted by molar-refractivity contribution is 14.1. The summed E-state index contributed by atoms with van der Waals surface area (Å²) >= 11 is 2.38. The molecule has 4 atom stereocenters. The Hall–Kier alpha value is -0.620. The molecule has 2 aliphatic rings. The molecule has 2 saturated heterocycles. The van der Waals surface area contributed by atoms with Crippen LogP contribution in [0.25, 0.3) is 0 Å². The first-order valence-corrected chi connectivity index (χ1v) is 9.30. The third kappa shape index (κ3) is 2.92. The predicted molar refractivity (Wildman–Crippen MR) is 99.3 cm³/mol. The SMILES string of the molecule is CCC(=NOC)[C@H]1[C@@H](c2ccc(I)cc2)CC2CC[C@H]1N2C. The molecule has 2 aliphatic heterocycles. The number of hydrogen-bond acceptors (Lipinski definition) is 3. The summed E-state index contributed by atoms with van der Waals surface area (Å²) in [5, 5.41) is 4.40. The molecule has 4 heteroatoms. The van der Waals surface area contributed by atoms with E-state index in [1.54, 1.807) is 7.11 Å². The number of hydrogen-bond donors (Lipinski definition) is 0. The van der Waals surface area contributed by atoms with Crippen LogP contribution < -0.4 is 0 Å². The highest BCUT2D eigenvalue weighted by Gasteiger charge is 2.47. The van der Waals surface area contributed by atoms with Crippen LogP contribution in [0.2, 0.25) is 0 Å². The molecule has 0 aromatic heterocycles. The number of oxime groups is 1. The Labute approximate surface area is 147 Å². The molecule has 0 spiro atoms. The zero-order valence-electron chi connectivity index (χ0n) is 13.6. The molecule has 0 aliphatic carbocycles. The van der Waals surface area contributed by atoms with E-state index >= 15 is 0 Å². The second-order valence-corrected chi connectivity index (χ2v) is 7.75. The van der Waals surface area contributed by atoms with Gasteiger partial charge >= 0.3 is 0 Å². The molecule has 2 fully saturated rings. The number of halogens is 1. The van der Waals surface area contributed by atoms with Gasteiger partial charge in [0.15, 0.2) is 0 Å². The maximum atomic E-state index is 5.16. The molecule has 22 heavy (non-hydrogen) atoms. The van der Waals surface area contributed by atoms with Crippen LogP contribution in [-0.2, 0) is 4.84 Å². The van der Waals surface area contributed by atoms with E-state index in [1.165, 1.54) is 34.1 Å². The van der Waals surface area contributed by atoms with E-state index in [0.29, 0.717) is 17.9 Å². The zero-order chi connectivity index (χ0) is 15.7. The molecule has 1 aromatic rings. The molecule has 0 saturated carbocycles. The second-order valence-electron chi connectivity index (χ2n) is 6.50. The van der Waals surface area contributed by atoms with Crippen molar-refractivity contribution in [2.24, 2.45) is 11.1 Å². The van der Waals surface area contributed by atoms with Crippen LogP contribution in [-0.4, -0.2) is 36.9 Å². The van der Waals surface area contributed by atoms with Crippen molar-refractivity contribution in [1.82, 2.24) is 4.90 Å². The van der Waals surface area contributed by atoms with E-state index in [4.69, 9.17) is 4.84 Å². The molecule has 1 aromatic carbocycles. The Morgan fingerprint density at radius 3 is 2.68 bits per heavy atom. The molecule has 3 nitrogen and oxygen atoms in total. The van der Waals surface area contributed by atoms with Crippen LogP contribution in [0.15, 0.2) is 29.4 Å². The third-order valence-corrected chi connectivity index (χ3v) is 6.24. The predicted octanol–water partition coefficient (Wildman–Crippen LogP) is 4.27. The largest absolute Gasteiger partial charge is 0.399 e. The van der Waals surface area contributed by atoms with Gasteiger partial charge in [-0.3, -0.25) is 4.90 Å². The minimum atomic E-state index is 0.480. The topological polar surface area (TPSA) is 24.8 Å². The van der Waals surface area contributed by atoms with E-state index in [0.717, 1.165) is 12.5 Å². The van der Waals surface area contributed by atoms with Crippen molar-refractivity contribution in [3.05, 3.63) is 33.4 Å². The van der Waals surface area contributed by atoms with Crippen LogP contribution in [0.4, 0.5) is 0 Å². The summed E-state index contributed by atoms with van der Waals surface area (Å²) < 4.78 is 1.30. The van der Waals surface area contributed by atoms with Crippen LogP contribution in [0.5, 0.6) is 0 Å². The smallest absolute Gasteiger partial charge is 0.106 e. The van der Waals surface area contributed by atoms with Gasteiger partial charge in [-0.15, -0.1) is 0 Å². The Kier molecular flexibility index (Phi) is 5.07. The van der Waals surface area contributed by atoms with Crippen molar-refractivity contribution >= 4 is 28.3 Å². The van der Waals surface area contributed by atoms with E-state index in [2.05, 4.69) is 70.9 Å². The number of nitrogens with zero attached hydrogens (tertiary/aromatic N) is 2. The molecule has 3 rings (SSSR count). The molecular weight excluding hydrogens is 387 g/mol. The lowest BCUT2D eigenvalue weighted by Gasteiger charge is -2.43. The maximum absolute atomic E-state index is 5.16. The molecular formula is C18H25IN2O. The normalized spacial score (nSPS) is 32.3. The summed E-state index contributed by atoms with van der Waals surface area (Å²) in [4.78, 5) is 7.75. The number of rotatable bonds is 4. The van der Waals surface area contributed by atoms with E-state index in [1.807, 2.05) is 0 Å². The first-order chi connectivity index (χ1) is 10.7. The van der Waals surface area contributed by atoms with E-state index in [-0.39, 0.29) is 0 Å². The lowest BCUT2D eigenvalue weighted by atomic mass is 9.73. The van der Waals surface area contributed by atoms with Gasteiger partial charge in [-0.25, -0.2) is 0 Å². The molecule has 120 valence electrons. The summed E-state index contributed by atoms with van der Waals surface area (Å²) in [6.45, 7) is 2.20. The van der Waals surface area contributed by atoms with Gasteiger partial charge in [0.25, 0.3) is 0 Å². The van der Waals surface area contributed by atoms with Gasteiger partial charge in [-0.2, -0.15) is 0 Å². The average molecular weight is 412 g/mol. The summed E-state index contributed by atoms with van der Waals surface area (Å²) in [6, 6.07) is 10.4. The molecule has 0 N–H and O–H groups in total. The molecule has 2 heterocycles. The molecule has 0 amide bonds. The zero-order valence-corrected chi connectivity index (χ0v) is 15.8. The molecule has 1 unspecified atom stereocenters. The van der Waals surface area contributed by atoms with E-state index < -0.39 is 0 Å². The lowest BCUT2D eigenvalue weighted by molar-refractivity contribution is 0.127. The van der Waals surface area contributed by atoms with E-state index in [9.17, 15) is 0 Å². The van der Waals surface area contributed by atoms with Crippen molar-refractivity contribution in [2.45, 2.75) is 50.6 Å². The first kappa shape index (κ1) is 16.2. The third-order valence-electron chi connectivity index (χ3n) is 5.52. The standard InChI is InChI=1S/C18H25IN2O/c1-4-16(20-22-3)18-15(12-5-7-13(19)8-6-12)11-14-9-10-17(18)21(14)2/h5-8,14-15,17-18H,4,9-11H2,1-3H3/t14?,15-,17-,18-/m1/s1. The van der Waals surface area contributed by atoms with Gasteiger partial charge in [0.05, 0.1) is 5.71 Å². The highest BCUT2D eigenvalue weighted by Crippen LogP contribution is 2.47. The van der Waals surface area contributed by atoms with Crippen molar-refractivity contribution < 1.29 is 4.84 Å². The van der Waals surface area contributed by atoms with Gasteiger partial charge in [-0.05, 0) is 78.9 Å².